The van der Waals surface area contributed by atoms with E-state index in [-0.39, 0.29) is 24.8 Å². The number of hydrogen-bond donors (Lipinski definition) is 2. The highest BCUT2D eigenvalue weighted by atomic mass is 35.5. The van der Waals surface area contributed by atoms with Gasteiger partial charge in [-0.2, -0.15) is 0 Å². The van der Waals surface area contributed by atoms with Crippen LogP contribution in [0.3, 0.4) is 0 Å². The van der Waals surface area contributed by atoms with Crippen LogP contribution in [0.4, 0.5) is 5.69 Å². The van der Waals surface area contributed by atoms with Crippen molar-refractivity contribution in [2.45, 2.75) is 6.92 Å². The molecule has 0 fully saturated rings. The fourth-order valence-electron chi connectivity index (χ4n) is 0.880. The van der Waals surface area contributed by atoms with Gasteiger partial charge in [0, 0.05) is 6.07 Å². The molecule has 0 spiro atoms. The summed E-state index contributed by atoms with van der Waals surface area (Å²) in [4.78, 5) is 0. The Labute approximate surface area is 84.8 Å². The molecule has 0 unspecified atom stereocenters. The number of benzene rings is 1. The maximum atomic E-state index is 9.21. The van der Waals surface area contributed by atoms with Crippen molar-refractivity contribution >= 4 is 5.69 Å². The van der Waals surface area contributed by atoms with Gasteiger partial charge in [0.05, 0.1) is 6.54 Å². The fraction of sp³-hybridized carbons (Fsp3) is 0.250. The highest BCUT2D eigenvalue weighted by Gasteiger charge is 1.99. The molecule has 0 atom stereocenters. The van der Waals surface area contributed by atoms with E-state index in [0.29, 0.717) is 5.75 Å². The summed E-state index contributed by atoms with van der Waals surface area (Å²) >= 11 is 0. The highest BCUT2D eigenvalue weighted by molar-refractivity contribution is 5.43. The van der Waals surface area contributed by atoms with Crippen LogP contribution < -0.4 is 30.1 Å². The minimum Gasteiger partial charge on any atom is -1.00 e. The zero-order valence-electron chi connectivity index (χ0n) is 6.80. The standard InChI is InChI=1S/C8H11NO.2ClH/c1-2-9-7-5-3-4-6-8(7)10;;/h3-6,9-10H,2H2,1H3;2*1H/p-1. The summed E-state index contributed by atoms with van der Waals surface area (Å²) in [6.45, 7) is 3.00. The first-order valence-corrected chi connectivity index (χ1v) is 3.45. The summed E-state index contributed by atoms with van der Waals surface area (Å²) in [5.41, 5.74) is 0.921. The smallest absolute Gasteiger partial charge is 0.177 e. The van der Waals surface area contributed by atoms with Gasteiger partial charge in [-0.1, -0.05) is 12.1 Å². The Bertz CT molecular complexity index is 218. The van der Waals surface area contributed by atoms with Gasteiger partial charge in [0.15, 0.2) is 11.4 Å². The summed E-state index contributed by atoms with van der Waals surface area (Å²) in [5, 5.41) is 11.2. The summed E-state index contributed by atoms with van der Waals surface area (Å²) in [7, 11) is 0. The molecule has 0 amide bonds. The molecule has 0 bridgehead atoms. The van der Waals surface area contributed by atoms with Gasteiger partial charge in [0.2, 0.25) is 0 Å². The van der Waals surface area contributed by atoms with Crippen LogP contribution in [-0.4, -0.2) is 11.7 Å². The second kappa shape index (κ2) is 7.22. The molecule has 1 aromatic carbocycles. The number of quaternary nitrogens is 1. The molecule has 3 N–H and O–H groups in total. The molecule has 2 nitrogen and oxygen atoms in total. The minimum atomic E-state index is 0. The van der Waals surface area contributed by atoms with E-state index >= 15 is 0 Å². The Hall–Kier alpha value is -0.440. The van der Waals surface area contributed by atoms with Crippen molar-refractivity contribution in [2.24, 2.45) is 0 Å². The molecule has 70 valence electrons. The van der Waals surface area contributed by atoms with Crippen molar-refractivity contribution in [3.05, 3.63) is 24.3 Å². The van der Waals surface area contributed by atoms with Crippen molar-refractivity contribution in [1.82, 2.24) is 0 Å². The summed E-state index contributed by atoms with van der Waals surface area (Å²) in [6.07, 6.45) is 0. The van der Waals surface area contributed by atoms with E-state index in [2.05, 4.69) is 0 Å². The maximum absolute atomic E-state index is 9.21. The average molecular weight is 209 g/mol. The monoisotopic (exact) mass is 208 g/mol. The molecule has 4 heteroatoms. The largest absolute Gasteiger partial charge is 1.00 e. The molecular weight excluding hydrogens is 197 g/mol. The number of phenolic OH excluding ortho intramolecular Hbond substituents is 1. The average Bonchev–Trinajstić information content (AvgIpc) is 1.94. The van der Waals surface area contributed by atoms with Crippen LogP contribution in [0.5, 0.6) is 5.75 Å². The molecule has 1 aromatic rings. The van der Waals surface area contributed by atoms with E-state index in [1.54, 1.807) is 6.07 Å². The third kappa shape index (κ3) is 3.81. The first-order chi connectivity index (χ1) is 4.84. The molecule has 0 aliphatic heterocycles. The van der Waals surface area contributed by atoms with Crippen LogP contribution in [0.2, 0.25) is 0 Å². The molecule has 0 radical (unpaired) electrons. The lowest BCUT2D eigenvalue weighted by Crippen LogP contribution is -3.00. The van der Waals surface area contributed by atoms with E-state index in [1.807, 2.05) is 30.4 Å². The normalized spacial score (nSPS) is 8.08. The van der Waals surface area contributed by atoms with Gasteiger partial charge in [0.1, 0.15) is 0 Å². The topological polar surface area (TPSA) is 36.8 Å². The Kier molecular flexibility index (Phi) is 8.49. The van der Waals surface area contributed by atoms with Crippen molar-refractivity contribution in [1.29, 1.82) is 0 Å². The second-order valence-electron chi connectivity index (χ2n) is 2.17. The maximum Gasteiger partial charge on any atom is 0.177 e. The highest BCUT2D eigenvalue weighted by Crippen LogP contribution is 2.15. The number of halogens is 2. The Morgan fingerprint density at radius 3 is 2.33 bits per heavy atom. The van der Waals surface area contributed by atoms with Crippen LogP contribution in [-0.2, 0) is 0 Å². The molecule has 12 heavy (non-hydrogen) atoms. The number of rotatable bonds is 2. The van der Waals surface area contributed by atoms with Gasteiger partial charge in [-0.25, -0.2) is 0 Å². The van der Waals surface area contributed by atoms with Crippen LogP contribution in [0, 0.1) is 0 Å². The number of phenols is 1. The van der Waals surface area contributed by atoms with Crippen molar-refractivity contribution in [3.63, 3.8) is 0 Å². The van der Waals surface area contributed by atoms with Gasteiger partial charge in [-0.05, 0) is 13.0 Å². The summed E-state index contributed by atoms with van der Waals surface area (Å²) in [6, 6.07) is 7.34. The Morgan fingerprint density at radius 1 is 1.25 bits per heavy atom. The van der Waals surface area contributed by atoms with Crippen molar-refractivity contribution in [3.8, 4) is 5.75 Å². The molecule has 1 rings (SSSR count). The molecule has 0 aromatic heterocycles. The molecule has 0 saturated heterocycles. The lowest BCUT2D eigenvalue weighted by Gasteiger charge is -1.97. The van der Waals surface area contributed by atoms with Crippen LogP contribution in [0.1, 0.15) is 6.92 Å². The number of nitrogens with two attached hydrogens (primary N) is 1. The zero-order chi connectivity index (χ0) is 7.40. The van der Waals surface area contributed by atoms with Crippen LogP contribution >= 0.6 is 0 Å². The Balaban J connectivity index is 0. The number of aromatic hydroxyl groups is 1. The first kappa shape index (κ1) is 14.1. The summed E-state index contributed by atoms with van der Waals surface area (Å²) < 4.78 is 0. The van der Waals surface area contributed by atoms with Crippen LogP contribution in [0.25, 0.3) is 0 Å². The SMILES string of the molecule is CC[NH2+]c1ccccc1O.[Cl-].[Cl-]. The predicted molar refractivity (Wildman–Crippen MR) is 40.2 cm³/mol. The van der Waals surface area contributed by atoms with E-state index in [0.717, 1.165) is 12.2 Å². The summed E-state index contributed by atoms with van der Waals surface area (Å²) in [5.74, 6) is 0.365. The number of para-hydroxylation sites is 2. The molecule has 0 heterocycles. The molecule has 0 aliphatic rings. The predicted octanol–water partition coefficient (Wildman–Crippen LogP) is -5.38. The quantitative estimate of drug-likeness (QED) is 0.370. The fourth-order valence-corrected chi connectivity index (χ4v) is 0.880. The van der Waals surface area contributed by atoms with E-state index in [4.69, 9.17) is 0 Å². The lowest BCUT2D eigenvalue weighted by atomic mass is 10.3. The van der Waals surface area contributed by atoms with Crippen molar-refractivity contribution < 1.29 is 35.2 Å². The van der Waals surface area contributed by atoms with Gasteiger partial charge >= 0.3 is 0 Å². The van der Waals surface area contributed by atoms with Crippen molar-refractivity contribution in [2.75, 3.05) is 6.54 Å². The molecular formula is C8H12Cl2NO-. The first-order valence-electron chi connectivity index (χ1n) is 3.45. The van der Waals surface area contributed by atoms with Gasteiger partial charge in [0.25, 0.3) is 0 Å². The van der Waals surface area contributed by atoms with E-state index in [1.165, 1.54) is 0 Å². The number of hydrogen-bond acceptors (Lipinski definition) is 1. The van der Waals surface area contributed by atoms with E-state index in [9.17, 15) is 5.11 Å². The van der Waals surface area contributed by atoms with Crippen LogP contribution in [0.15, 0.2) is 24.3 Å². The lowest BCUT2D eigenvalue weighted by molar-refractivity contribution is -0.568. The van der Waals surface area contributed by atoms with Gasteiger partial charge < -0.3 is 35.2 Å². The van der Waals surface area contributed by atoms with Gasteiger partial charge in [-0.15, -0.1) is 0 Å². The minimum absolute atomic E-state index is 0. The zero-order valence-corrected chi connectivity index (χ0v) is 8.31. The van der Waals surface area contributed by atoms with Gasteiger partial charge in [-0.3, -0.25) is 0 Å². The third-order valence-corrected chi connectivity index (χ3v) is 1.36. The second-order valence-corrected chi connectivity index (χ2v) is 2.17. The third-order valence-electron chi connectivity index (χ3n) is 1.36. The van der Waals surface area contributed by atoms with E-state index < -0.39 is 0 Å². The molecule has 0 saturated carbocycles. The molecule has 0 aliphatic carbocycles. The Morgan fingerprint density at radius 2 is 1.83 bits per heavy atom.